The van der Waals surface area contributed by atoms with Crippen LogP contribution in [-0.4, -0.2) is 30.7 Å². The van der Waals surface area contributed by atoms with E-state index in [4.69, 9.17) is 17.3 Å². The molecule has 1 aliphatic heterocycles. The Balaban J connectivity index is 1.63. The van der Waals surface area contributed by atoms with Gasteiger partial charge < -0.3 is 16.4 Å². The van der Waals surface area contributed by atoms with Crippen molar-refractivity contribution < 1.29 is 9.18 Å². The molecule has 0 radical (unpaired) electrons. The minimum absolute atomic E-state index is 0.426. The molecular formula is C16H19ClFN5O. The first-order valence-electron chi connectivity index (χ1n) is 7.61. The molecule has 0 spiro atoms. The van der Waals surface area contributed by atoms with Crippen molar-refractivity contribution in [2.24, 2.45) is 5.73 Å². The second-order valence-electron chi connectivity index (χ2n) is 5.83. The summed E-state index contributed by atoms with van der Waals surface area (Å²) in [6.07, 6.45) is -2.67. The molecule has 1 heterocycles. The van der Waals surface area contributed by atoms with Gasteiger partial charge in [0.2, 0.25) is 0 Å². The number of amides is 2. The highest BCUT2D eigenvalue weighted by atomic mass is 35.5. The van der Waals surface area contributed by atoms with Gasteiger partial charge in [-0.1, -0.05) is 23.7 Å². The third kappa shape index (κ3) is 3.76. The number of carbonyl (C=O) groups excluding carboxylic acids is 1. The first-order chi connectivity index (χ1) is 11.4. The minimum atomic E-state index is -1.22. The molecule has 128 valence electrons. The van der Waals surface area contributed by atoms with E-state index < -0.39 is 30.7 Å². The lowest BCUT2D eigenvalue weighted by atomic mass is 10.1. The summed E-state index contributed by atoms with van der Waals surface area (Å²) < 4.78 is 13.6. The molecule has 1 saturated heterocycles. The predicted molar refractivity (Wildman–Crippen MR) is 93.5 cm³/mol. The Hall–Kier alpha value is -1.93. The van der Waals surface area contributed by atoms with Crippen molar-refractivity contribution in [2.45, 2.75) is 31.6 Å². The Morgan fingerprint density at radius 2 is 1.92 bits per heavy atom. The van der Waals surface area contributed by atoms with E-state index in [-0.39, 0.29) is 0 Å². The van der Waals surface area contributed by atoms with Gasteiger partial charge in [0.15, 0.2) is 0 Å². The topological polar surface area (TPSA) is 91.2 Å². The number of anilines is 1. The maximum atomic E-state index is 13.6. The van der Waals surface area contributed by atoms with E-state index in [9.17, 15) is 9.18 Å². The van der Waals surface area contributed by atoms with Crippen molar-refractivity contribution in [3.63, 3.8) is 0 Å². The fourth-order valence-corrected chi connectivity index (χ4v) is 2.85. The molecule has 0 aromatic heterocycles. The van der Waals surface area contributed by atoms with Crippen molar-refractivity contribution >= 4 is 34.1 Å². The molecule has 2 amide bonds. The Morgan fingerprint density at radius 1 is 1.21 bits per heavy atom. The summed E-state index contributed by atoms with van der Waals surface area (Å²) >= 11 is 5.95. The second-order valence-corrected chi connectivity index (χ2v) is 6.27. The van der Waals surface area contributed by atoms with Gasteiger partial charge in [-0.2, -0.15) is 0 Å². The molecule has 4 unspecified atom stereocenters. The van der Waals surface area contributed by atoms with Crippen LogP contribution in [0.5, 0.6) is 0 Å². The highest BCUT2D eigenvalue weighted by molar-refractivity contribution is 6.31. The van der Waals surface area contributed by atoms with E-state index in [0.717, 1.165) is 10.8 Å². The maximum absolute atomic E-state index is 13.6. The molecule has 0 saturated carbocycles. The van der Waals surface area contributed by atoms with Crippen LogP contribution in [0.15, 0.2) is 36.4 Å². The average molecular weight is 352 g/mol. The number of rotatable bonds is 2. The Labute approximate surface area is 143 Å². The zero-order valence-corrected chi connectivity index (χ0v) is 13.8. The van der Waals surface area contributed by atoms with Gasteiger partial charge in [0.05, 0.1) is 6.17 Å². The standard InChI is InChI=1S/C16H19ClFN5O/c1-8-13(18)14(19)22-15(20-8)23-16(24)21-12-5-3-9-6-11(17)4-2-10(9)7-12/h2-8,13-15,20,22H,19H2,1H3,(H2,21,23,24). The number of halogens is 2. The fraction of sp³-hybridized carbons (Fsp3) is 0.312. The lowest BCUT2D eigenvalue weighted by Gasteiger charge is -2.37. The Kier molecular flexibility index (Phi) is 4.86. The third-order valence-corrected chi connectivity index (χ3v) is 4.18. The number of nitrogens with one attached hydrogen (secondary N) is 4. The Morgan fingerprint density at radius 3 is 2.67 bits per heavy atom. The van der Waals surface area contributed by atoms with Crippen LogP contribution in [0.3, 0.4) is 0 Å². The summed E-state index contributed by atoms with van der Waals surface area (Å²) in [5, 5.41) is 13.7. The molecule has 2 aromatic carbocycles. The van der Waals surface area contributed by atoms with Gasteiger partial charge in [-0.05, 0) is 42.0 Å². The predicted octanol–water partition coefficient (Wildman–Crippen LogP) is 2.10. The molecule has 0 aliphatic carbocycles. The number of benzene rings is 2. The maximum Gasteiger partial charge on any atom is 0.321 e. The largest absolute Gasteiger partial charge is 0.321 e. The summed E-state index contributed by atoms with van der Waals surface area (Å²) in [7, 11) is 0. The average Bonchev–Trinajstić information content (AvgIpc) is 2.52. The van der Waals surface area contributed by atoms with Gasteiger partial charge in [0, 0.05) is 16.8 Å². The number of alkyl halides is 1. The zero-order valence-electron chi connectivity index (χ0n) is 13.0. The minimum Gasteiger partial charge on any atom is -0.313 e. The van der Waals surface area contributed by atoms with Crippen LogP contribution >= 0.6 is 11.6 Å². The van der Waals surface area contributed by atoms with Crippen LogP contribution in [0.1, 0.15) is 6.92 Å². The number of hydrogen-bond acceptors (Lipinski definition) is 4. The summed E-state index contributed by atoms with van der Waals surface area (Å²) in [5.74, 6) is 0. The molecule has 8 heteroatoms. The number of hydrogen-bond donors (Lipinski definition) is 5. The highest BCUT2D eigenvalue weighted by Crippen LogP contribution is 2.22. The van der Waals surface area contributed by atoms with Crippen LogP contribution in [0.4, 0.5) is 14.9 Å². The molecule has 6 N–H and O–H groups in total. The summed E-state index contributed by atoms with van der Waals surface area (Å²) in [6.45, 7) is 1.67. The van der Waals surface area contributed by atoms with E-state index in [1.807, 2.05) is 24.3 Å². The molecule has 6 nitrogen and oxygen atoms in total. The van der Waals surface area contributed by atoms with E-state index in [1.165, 1.54) is 0 Å². The van der Waals surface area contributed by atoms with Gasteiger partial charge in [-0.15, -0.1) is 0 Å². The monoisotopic (exact) mass is 351 g/mol. The molecule has 1 fully saturated rings. The van der Waals surface area contributed by atoms with Crippen LogP contribution in [0.25, 0.3) is 10.8 Å². The van der Waals surface area contributed by atoms with Gasteiger partial charge in [0.1, 0.15) is 12.5 Å². The molecular weight excluding hydrogens is 333 g/mol. The number of urea groups is 1. The number of nitrogens with two attached hydrogens (primary N) is 1. The normalized spacial score (nSPS) is 27.0. The van der Waals surface area contributed by atoms with Crippen molar-refractivity contribution in [3.05, 3.63) is 41.4 Å². The van der Waals surface area contributed by atoms with E-state index >= 15 is 0 Å². The Bertz CT molecular complexity index is 746. The molecule has 0 bridgehead atoms. The van der Waals surface area contributed by atoms with Gasteiger partial charge in [-0.3, -0.25) is 10.6 Å². The van der Waals surface area contributed by atoms with E-state index in [2.05, 4.69) is 21.3 Å². The third-order valence-electron chi connectivity index (χ3n) is 3.94. The lowest BCUT2D eigenvalue weighted by Crippen LogP contribution is -2.71. The van der Waals surface area contributed by atoms with Crippen molar-refractivity contribution in [2.75, 3.05) is 5.32 Å². The summed E-state index contributed by atoms with van der Waals surface area (Å²) in [5.41, 5.74) is 6.29. The smallest absolute Gasteiger partial charge is 0.313 e. The number of carbonyl (C=O) groups is 1. The van der Waals surface area contributed by atoms with E-state index in [0.29, 0.717) is 10.7 Å². The van der Waals surface area contributed by atoms with Crippen molar-refractivity contribution in [3.8, 4) is 0 Å². The van der Waals surface area contributed by atoms with Crippen LogP contribution in [-0.2, 0) is 0 Å². The molecule has 2 aromatic rings. The SMILES string of the molecule is CC1NC(NC(=O)Nc2ccc3cc(Cl)ccc3c2)NC(N)C1F. The highest BCUT2D eigenvalue weighted by Gasteiger charge is 2.33. The lowest BCUT2D eigenvalue weighted by molar-refractivity contribution is 0.115. The summed E-state index contributed by atoms with van der Waals surface area (Å²) in [6, 6.07) is 10.1. The molecule has 24 heavy (non-hydrogen) atoms. The summed E-state index contributed by atoms with van der Waals surface area (Å²) in [4.78, 5) is 12.1. The fourth-order valence-electron chi connectivity index (χ4n) is 2.67. The van der Waals surface area contributed by atoms with Gasteiger partial charge in [0.25, 0.3) is 0 Å². The zero-order chi connectivity index (χ0) is 17.3. The van der Waals surface area contributed by atoms with Crippen LogP contribution < -0.4 is 27.0 Å². The first kappa shape index (κ1) is 16.9. The van der Waals surface area contributed by atoms with Crippen molar-refractivity contribution in [1.29, 1.82) is 0 Å². The molecule has 4 atom stereocenters. The van der Waals surface area contributed by atoms with Crippen LogP contribution in [0, 0.1) is 0 Å². The molecule has 3 rings (SSSR count). The number of fused-ring (bicyclic) bond motifs is 1. The van der Waals surface area contributed by atoms with Crippen molar-refractivity contribution in [1.82, 2.24) is 16.0 Å². The van der Waals surface area contributed by atoms with Gasteiger partial charge in [-0.25, -0.2) is 9.18 Å². The molecule has 1 aliphatic rings. The first-order valence-corrected chi connectivity index (χ1v) is 7.99. The van der Waals surface area contributed by atoms with E-state index in [1.54, 1.807) is 19.1 Å². The van der Waals surface area contributed by atoms with Crippen LogP contribution in [0.2, 0.25) is 5.02 Å². The quantitative estimate of drug-likeness (QED) is 0.573. The van der Waals surface area contributed by atoms with Gasteiger partial charge >= 0.3 is 6.03 Å². The second kappa shape index (κ2) is 6.90.